The van der Waals surface area contributed by atoms with Crippen molar-refractivity contribution in [2.45, 2.75) is 166 Å². The lowest BCUT2D eigenvalue weighted by Crippen LogP contribution is -2.47. The molecular formula is C79H101ClN18O13S3. The second-order valence-electron chi connectivity index (χ2n) is 30.9. The van der Waals surface area contributed by atoms with Crippen molar-refractivity contribution in [3.63, 3.8) is 0 Å². The first-order valence-corrected chi connectivity index (χ1v) is 41.7. The van der Waals surface area contributed by atoms with Crippen LogP contribution in [0, 0.1) is 0 Å². The minimum atomic E-state index is -0.773. The van der Waals surface area contributed by atoms with Crippen molar-refractivity contribution in [3.05, 3.63) is 121 Å². The Morgan fingerprint density at radius 2 is 0.763 bits per heavy atom. The van der Waals surface area contributed by atoms with Gasteiger partial charge in [0.05, 0.1) is 52.0 Å². The first-order chi connectivity index (χ1) is 54.8. The van der Waals surface area contributed by atoms with Crippen molar-refractivity contribution >= 4 is 124 Å². The van der Waals surface area contributed by atoms with Gasteiger partial charge in [-0.15, -0.1) is 34.0 Å². The smallest absolute Gasteiger partial charge is 0.410 e. The molecule has 610 valence electrons. The van der Waals surface area contributed by atoms with E-state index in [1.54, 1.807) is 19.6 Å². The van der Waals surface area contributed by atoms with E-state index < -0.39 is 16.6 Å². The molecule has 114 heavy (non-hydrogen) atoms. The highest BCUT2D eigenvalue weighted by molar-refractivity contribution is 7.22. The average Bonchev–Trinajstić information content (AvgIpc) is 1.53. The van der Waals surface area contributed by atoms with Gasteiger partial charge in [0, 0.05) is 106 Å². The largest absolute Gasteiger partial charge is 0.457 e. The second kappa shape index (κ2) is 38.1. The normalized spacial score (nSPS) is 18.6. The maximum atomic E-state index is 13.6. The van der Waals surface area contributed by atoms with Crippen LogP contribution in [0.3, 0.4) is 0 Å². The van der Waals surface area contributed by atoms with Crippen LogP contribution >= 0.6 is 45.6 Å². The minimum Gasteiger partial charge on any atom is -0.457 e. The molecule has 0 unspecified atom stereocenters. The number of likely N-dealkylation sites (tertiary alicyclic amines) is 4. The second-order valence-corrected chi connectivity index (χ2v) is 34.3. The predicted molar refractivity (Wildman–Crippen MR) is 444 cm³/mol. The van der Waals surface area contributed by atoms with E-state index in [0.29, 0.717) is 132 Å². The van der Waals surface area contributed by atoms with E-state index in [0.717, 1.165) is 121 Å². The van der Waals surface area contributed by atoms with E-state index in [-0.39, 0.29) is 76.9 Å². The van der Waals surface area contributed by atoms with Gasteiger partial charge in [-0.05, 0) is 175 Å². The van der Waals surface area contributed by atoms with Gasteiger partial charge in [-0.3, -0.25) is 14.4 Å². The third-order valence-electron chi connectivity index (χ3n) is 20.3. The number of ether oxygens (including phenoxy) is 5. The summed E-state index contributed by atoms with van der Waals surface area (Å²) in [5.41, 5.74) is 1.39. The number of fused-ring (bicyclic) bond motifs is 3. The van der Waals surface area contributed by atoms with Gasteiger partial charge in [-0.2, -0.15) is 0 Å². The number of thiazole rings is 3. The van der Waals surface area contributed by atoms with E-state index in [1.807, 2.05) is 114 Å². The number of rotatable bonds is 12. The summed E-state index contributed by atoms with van der Waals surface area (Å²) in [7, 11) is 3.99. The number of nitrogens with zero attached hydrogens (tertiary/aromatic N) is 10. The average molecular weight is 1640 g/mol. The maximum absolute atomic E-state index is 13.6. The van der Waals surface area contributed by atoms with Crippen LogP contribution < -0.4 is 43.3 Å². The van der Waals surface area contributed by atoms with Crippen molar-refractivity contribution in [3.8, 4) is 31.7 Å². The number of halogens is 1. The molecule has 8 N–H and O–H groups in total. The van der Waals surface area contributed by atoms with E-state index in [2.05, 4.69) is 57.9 Å². The number of amides is 4. The molecule has 0 aliphatic carbocycles. The highest BCUT2D eigenvalue weighted by atomic mass is 35.5. The molecule has 35 heteroatoms. The van der Waals surface area contributed by atoms with Crippen molar-refractivity contribution < 1.29 is 47.7 Å². The molecule has 15 rings (SSSR count). The number of carbonyl (C=O) groups is 5. The van der Waals surface area contributed by atoms with Crippen molar-refractivity contribution in [1.82, 2.24) is 75.1 Å². The number of carbonyl (C=O) groups excluding carboxylic acids is 5. The van der Waals surface area contributed by atoms with Crippen LogP contribution in [-0.4, -0.2) is 223 Å². The zero-order chi connectivity index (χ0) is 80.8. The van der Waals surface area contributed by atoms with Crippen LogP contribution in [0.1, 0.15) is 154 Å². The molecule has 9 aromatic rings. The van der Waals surface area contributed by atoms with Crippen LogP contribution in [0.2, 0.25) is 0 Å². The third kappa shape index (κ3) is 21.8. The fraction of sp³-hybridized carbons (Fsp3) is 0.519. The Balaban J connectivity index is 0.000000154. The Hall–Kier alpha value is -9.87. The fourth-order valence-electron chi connectivity index (χ4n) is 14.7. The summed E-state index contributed by atoms with van der Waals surface area (Å²) in [6.45, 7) is 19.2. The number of hydrogen-bond acceptors (Lipinski definition) is 27. The van der Waals surface area contributed by atoms with Gasteiger partial charge in [0.25, 0.3) is 16.7 Å². The number of nitrogens with one attached hydrogen (secondary N) is 8. The molecule has 6 aliphatic heterocycles. The number of anilines is 3. The lowest BCUT2D eigenvalue weighted by molar-refractivity contribution is 0.0196. The summed E-state index contributed by atoms with van der Waals surface area (Å²) in [6.07, 6.45) is 8.75. The first-order valence-electron chi connectivity index (χ1n) is 38.8. The van der Waals surface area contributed by atoms with Gasteiger partial charge in [-0.25, -0.2) is 53.9 Å². The first kappa shape index (κ1) is 83.6. The van der Waals surface area contributed by atoms with Gasteiger partial charge in [0.2, 0.25) is 0 Å². The highest BCUT2D eigenvalue weighted by Gasteiger charge is 2.35. The summed E-state index contributed by atoms with van der Waals surface area (Å²) >= 11 is 9.04. The molecule has 31 nitrogen and oxygen atoms in total. The Kier molecular flexibility index (Phi) is 27.9. The van der Waals surface area contributed by atoms with Crippen LogP contribution in [-0.2, 0) is 23.7 Å². The monoisotopic (exact) mass is 1640 g/mol. The molecule has 6 saturated heterocycles. The molecule has 4 amide bonds. The molecule has 6 aliphatic rings. The van der Waals surface area contributed by atoms with Gasteiger partial charge in [-0.1, -0.05) is 36.4 Å². The van der Waals surface area contributed by atoms with Crippen LogP contribution in [0.4, 0.5) is 41.4 Å². The minimum absolute atomic E-state index is 0.0109. The zero-order valence-corrected chi connectivity index (χ0v) is 69.0. The SMILES string of the molecule is CC(C)(C)OC(=O)N1CCC[C@@H](Nc2nc(C3CCNCC3)[nH]c(=O)c2-c2nc3ccccc3s2)C1.COC(=O)Cl.COC(=O)N1CCC(c2nc(N[C@@H]3CCCN(C(=O)OC(C)(C)C)C3)c(-c3nc4ccccc4s3)c(=O)[nH]2)CC1.COC(=O)N1CCC(c2nc(N[C@@H]3CCCNC3)c(-c3nc4ccccc4s3)c(=O)[nH]2)CC1. The number of H-pyrrole nitrogens is 3. The fourth-order valence-corrected chi connectivity index (χ4v) is 17.7. The van der Waals surface area contributed by atoms with E-state index in [1.165, 1.54) is 55.3 Å². The standard InChI is InChI=1S/C28H36N6O5S.C26H34N6O3S.C23H28N6O3S.C2H3ClO2/c1-28(2,3)39-27(37)34-13-7-8-18(16-34)29-23-21(25-30-19-9-5-6-10-20(19)40-25)24(35)32-22(31-23)17-11-14-33(15-12-17)26(36)38-4;1-26(2,3)35-25(34)32-14-6-7-17(15-32)28-22-20(24-29-18-8-4-5-9-19(18)36-24)23(33)31-21(30-22)16-10-12-27-13-11-16;1-32-23(31)29-11-8-14(9-12-29)19-27-20(25-15-5-4-10-24-13-15)18(21(30)28-19)22-26-16-6-2-3-7-17(16)33-22;1-5-2(3)4/h5-6,9-10,17-18H,7-8,11-16H2,1-4H3,(H2,29,31,32,35);4-5,8-9,16-17,27H,6-7,10-15H2,1-3H3,(H2,28,30,31,33);2-3,6-7,14-15,24H,4-5,8-13H2,1H3,(H2,25,27,28,30);1H3/t18-;17-;15-;/m111./s1. The number of para-hydroxylation sites is 3. The Morgan fingerprint density at radius 3 is 1.09 bits per heavy atom. The van der Waals surface area contributed by atoms with E-state index in [9.17, 15) is 38.4 Å². The molecule has 6 aromatic heterocycles. The topological polar surface area (TPSA) is 381 Å². The third-order valence-corrected chi connectivity index (χ3v) is 23.6. The number of aromatic amines is 3. The van der Waals surface area contributed by atoms with E-state index in [4.69, 9.17) is 48.9 Å². The van der Waals surface area contributed by atoms with Gasteiger partial charge in [0.15, 0.2) is 0 Å². The summed E-state index contributed by atoms with van der Waals surface area (Å²) in [5, 5.41) is 19.2. The van der Waals surface area contributed by atoms with Crippen LogP contribution in [0.5, 0.6) is 0 Å². The summed E-state index contributed by atoms with van der Waals surface area (Å²) in [5.74, 6) is 3.84. The molecule has 0 radical (unpaired) electrons. The maximum Gasteiger partial charge on any atom is 0.410 e. The van der Waals surface area contributed by atoms with Crippen molar-refractivity contribution in [2.24, 2.45) is 0 Å². The van der Waals surface area contributed by atoms with E-state index >= 15 is 0 Å². The molecule has 0 bridgehead atoms. The van der Waals surface area contributed by atoms with Gasteiger partial charge >= 0.3 is 29.8 Å². The van der Waals surface area contributed by atoms with Crippen LogP contribution in [0.15, 0.2) is 87.2 Å². The molecule has 0 saturated carbocycles. The summed E-state index contributed by atoms with van der Waals surface area (Å²) in [6, 6.07) is 23.6. The molecule has 0 spiro atoms. The number of methoxy groups -OCH3 is 3. The van der Waals surface area contributed by atoms with Gasteiger partial charge < -0.3 is 84.8 Å². The molecule has 3 aromatic carbocycles. The van der Waals surface area contributed by atoms with Crippen LogP contribution in [0.25, 0.3) is 62.4 Å². The Labute approximate surface area is 676 Å². The number of benzene rings is 3. The molecule has 6 fully saturated rings. The highest BCUT2D eigenvalue weighted by Crippen LogP contribution is 2.39. The number of aromatic nitrogens is 9. The molecule has 3 atom stereocenters. The Morgan fingerprint density at radius 1 is 0.421 bits per heavy atom. The lowest BCUT2D eigenvalue weighted by atomic mass is 9.96. The number of hydrogen-bond donors (Lipinski definition) is 8. The lowest BCUT2D eigenvalue weighted by Gasteiger charge is -2.35. The predicted octanol–water partition coefficient (Wildman–Crippen LogP) is 13.3. The quantitative estimate of drug-likeness (QED) is 0.0416. The summed E-state index contributed by atoms with van der Waals surface area (Å²) in [4.78, 5) is 144. The molecular weight excluding hydrogens is 1540 g/mol. The Bertz CT molecular complexity index is 4930. The van der Waals surface area contributed by atoms with Crippen molar-refractivity contribution in [1.29, 1.82) is 0 Å². The van der Waals surface area contributed by atoms with Crippen molar-refractivity contribution in [2.75, 3.05) is 116 Å². The number of piperidine rings is 6. The van der Waals surface area contributed by atoms with Gasteiger partial charge in [0.1, 0.15) is 77.8 Å². The summed E-state index contributed by atoms with van der Waals surface area (Å²) < 4.78 is 27.8. The zero-order valence-electron chi connectivity index (χ0n) is 65.7. The molecule has 12 heterocycles.